The smallest absolute Gasteiger partial charge is 0.0671 e. The zero-order valence-corrected chi connectivity index (χ0v) is 8.39. The summed E-state index contributed by atoms with van der Waals surface area (Å²) in [5.74, 6) is 0. The van der Waals surface area contributed by atoms with E-state index in [1.807, 2.05) is 19.0 Å². The van der Waals surface area contributed by atoms with Crippen LogP contribution >= 0.6 is 0 Å². The third-order valence-electron chi connectivity index (χ3n) is 1.42. The van der Waals surface area contributed by atoms with Gasteiger partial charge in [0.1, 0.15) is 0 Å². The molecule has 0 aliphatic heterocycles. The third-order valence-corrected chi connectivity index (χ3v) is 1.42. The van der Waals surface area contributed by atoms with Gasteiger partial charge in [-0.2, -0.15) is 0 Å². The Hall–Kier alpha value is -0.0800. The second-order valence-electron chi connectivity index (χ2n) is 4.68. The Morgan fingerprint density at radius 1 is 1.27 bits per heavy atom. The highest BCUT2D eigenvalue weighted by molar-refractivity contribution is 4.69. The van der Waals surface area contributed by atoms with Crippen molar-refractivity contribution in [3.8, 4) is 0 Å². The van der Waals surface area contributed by atoms with E-state index >= 15 is 0 Å². The second kappa shape index (κ2) is 4.07. The minimum Gasteiger partial charge on any atom is -0.392 e. The molecule has 0 spiro atoms. The number of hydrogen-bond acceptors (Lipinski definition) is 2. The zero-order valence-electron chi connectivity index (χ0n) is 8.39. The summed E-state index contributed by atoms with van der Waals surface area (Å²) in [7, 11) is 3.96. The van der Waals surface area contributed by atoms with Crippen LogP contribution in [-0.2, 0) is 0 Å². The Morgan fingerprint density at radius 2 is 1.73 bits per heavy atom. The summed E-state index contributed by atoms with van der Waals surface area (Å²) in [5.41, 5.74) is 0.232. The molecular weight excluding hydrogens is 138 g/mol. The summed E-state index contributed by atoms with van der Waals surface area (Å²) in [5, 5.41) is 9.51. The Kier molecular flexibility index (Phi) is 4.04. The number of hydrogen-bond donors (Lipinski definition) is 1. The van der Waals surface area contributed by atoms with Crippen LogP contribution in [0.3, 0.4) is 0 Å². The van der Waals surface area contributed by atoms with Crippen molar-refractivity contribution in [3.63, 3.8) is 0 Å². The molecule has 1 unspecified atom stereocenters. The topological polar surface area (TPSA) is 23.5 Å². The van der Waals surface area contributed by atoms with Crippen molar-refractivity contribution in [1.29, 1.82) is 0 Å². The largest absolute Gasteiger partial charge is 0.392 e. The summed E-state index contributed by atoms with van der Waals surface area (Å²) >= 11 is 0. The van der Waals surface area contributed by atoms with Crippen LogP contribution in [-0.4, -0.2) is 36.8 Å². The van der Waals surface area contributed by atoms with Crippen LogP contribution in [0.2, 0.25) is 0 Å². The number of rotatable bonds is 3. The van der Waals surface area contributed by atoms with Gasteiger partial charge in [-0.1, -0.05) is 20.8 Å². The van der Waals surface area contributed by atoms with Gasteiger partial charge in [0.15, 0.2) is 0 Å². The monoisotopic (exact) mass is 159 g/mol. The fourth-order valence-electron chi connectivity index (χ4n) is 1.19. The summed E-state index contributed by atoms with van der Waals surface area (Å²) in [6, 6.07) is 0. The molecule has 2 heteroatoms. The molecule has 0 radical (unpaired) electrons. The molecule has 0 saturated heterocycles. The molecule has 1 N–H and O–H groups in total. The van der Waals surface area contributed by atoms with Crippen molar-refractivity contribution >= 4 is 0 Å². The standard InChI is InChI=1S/C9H21NO/c1-9(2,3)6-8(11)7-10(4)5/h8,11H,6-7H2,1-5H3. The molecule has 0 fully saturated rings. The molecule has 0 saturated carbocycles. The van der Waals surface area contributed by atoms with Crippen molar-refractivity contribution in [1.82, 2.24) is 4.90 Å². The molecule has 11 heavy (non-hydrogen) atoms. The number of aliphatic hydroxyl groups is 1. The molecule has 0 aromatic carbocycles. The highest BCUT2D eigenvalue weighted by Gasteiger charge is 2.16. The van der Waals surface area contributed by atoms with Gasteiger partial charge in [-0.05, 0) is 25.9 Å². The first-order chi connectivity index (χ1) is 4.81. The Balaban J connectivity index is 3.61. The molecule has 0 aromatic heterocycles. The van der Waals surface area contributed by atoms with Crippen LogP contribution in [0.1, 0.15) is 27.2 Å². The second-order valence-corrected chi connectivity index (χ2v) is 4.68. The minimum atomic E-state index is -0.190. The van der Waals surface area contributed by atoms with Crippen molar-refractivity contribution in [2.24, 2.45) is 5.41 Å². The van der Waals surface area contributed by atoms with E-state index in [4.69, 9.17) is 0 Å². The van der Waals surface area contributed by atoms with Gasteiger partial charge in [0.2, 0.25) is 0 Å². The van der Waals surface area contributed by atoms with Gasteiger partial charge >= 0.3 is 0 Å². The Bertz CT molecular complexity index is 105. The minimum absolute atomic E-state index is 0.190. The Morgan fingerprint density at radius 3 is 2.00 bits per heavy atom. The van der Waals surface area contributed by atoms with Crippen LogP contribution in [0.15, 0.2) is 0 Å². The van der Waals surface area contributed by atoms with Crippen LogP contribution in [0.4, 0.5) is 0 Å². The first kappa shape index (κ1) is 10.9. The summed E-state index contributed by atoms with van der Waals surface area (Å²) in [6.07, 6.45) is 0.676. The van der Waals surface area contributed by atoms with Crippen LogP contribution < -0.4 is 0 Å². The summed E-state index contributed by atoms with van der Waals surface area (Å²) < 4.78 is 0. The van der Waals surface area contributed by atoms with E-state index < -0.39 is 0 Å². The lowest BCUT2D eigenvalue weighted by molar-refractivity contribution is 0.0937. The predicted molar refractivity (Wildman–Crippen MR) is 48.6 cm³/mol. The summed E-state index contributed by atoms with van der Waals surface area (Å²) in [6.45, 7) is 7.20. The quantitative estimate of drug-likeness (QED) is 0.672. The van der Waals surface area contributed by atoms with E-state index in [1.165, 1.54) is 0 Å². The number of likely N-dealkylation sites (N-methyl/N-ethyl adjacent to an activating group) is 1. The molecule has 1 atom stereocenters. The van der Waals surface area contributed by atoms with Gasteiger partial charge in [0, 0.05) is 6.54 Å². The van der Waals surface area contributed by atoms with E-state index in [0.717, 1.165) is 13.0 Å². The maximum Gasteiger partial charge on any atom is 0.0671 e. The third kappa shape index (κ3) is 7.82. The van der Waals surface area contributed by atoms with Crippen LogP contribution in [0.25, 0.3) is 0 Å². The maximum absolute atomic E-state index is 9.51. The fraction of sp³-hybridized carbons (Fsp3) is 1.00. The normalized spacial score (nSPS) is 15.5. The lowest BCUT2D eigenvalue weighted by Gasteiger charge is -2.24. The van der Waals surface area contributed by atoms with Crippen molar-refractivity contribution in [2.45, 2.75) is 33.3 Å². The van der Waals surface area contributed by atoms with E-state index in [2.05, 4.69) is 20.8 Å². The predicted octanol–water partition coefficient (Wildman–Crippen LogP) is 1.35. The van der Waals surface area contributed by atoms with E-state index in [9.17, 15) is 5.11 Å². The lowest BCUT2D eigenvalue weighted by atomic mass is 9.89. The van der Waals surface area contributed by atoms with Crippen molar-refractivity contribution < 1.29 is 5.11 Å². The van der Waals surface area contributed by atoms with E-state index in [1.54, 1.807) is 0 Å². The molecule has 0 heterocycles. The van der Waals surface area contributed by atoms with Crippen LogP contribution in [0.5, 0.6) is 0 Å². The van der Waals surface area contributed by atoms with E-state index in [0.29, 0.717) is 0 Å². The highest BCUT2D eigenvalue weighted by atomic mass is 16.3. The summed E-state index contributed by atoms with van der Waals surface area (Å²) in [4.78, 5) is 2.01. The fourth-order valence-corrected chi connectivity index (χ4v) is 1.19. The van der Waals surface area contributed by atoms with Crippen LogP contribution in [0, 0.1) is 5.41 Å². The lowest BCUT2D eigenvalue weighted by Crippen LogP contribution is -2.29. The van der Waals surface area contributed by atoms with Gasteiger partial charge < -0.3 is 10.0 Å². The first-order valence-electron chi connectivity index (χ1n) is 4.14. The first-order valence-corrected chi connectivity index (χ1v) is 4.14. The van der Waals surface area contributed by atoms with Gasteiger partial charge in [-0.25, -0.2) is 0 Å². The van der Waals surface area contributed by atoms with Gasteiger partial charge in [-0.3, -0.25) is 0 Å². The molecule has 0 aliphatic rings. The average molecular weight is 159 g/mol. The molecule has 0 aliphatic carbocycles. The molecule has 68 valence electrons. The molecule has 0 rings (SSSR count). The highest BCUT2D eigenvalue weighted by Crippen LogP contribution is 2.20. The molecular formula is C9H21NO. The SMILES string of the molecule is CN(C)CC(O)CC(C)(C)C. The van der Waals surface area contributed by atoms with Gasteiger partial charge in [-0.15, -0.1) is 0 Å². The molecule has 0 aromatic rings. The molecule has 0 amide bonds. The van der Waals surface area contributed by atoms with Crippen molar-refractivity contribution in [2.75, 3.05) is 20.6 Å². The van der Waals surface area contributed by atoms with Gasteiger partial charge in [0.25, 0.3) is 0 Å². The average Bonchev–Trinajstić information content (AvgIpc) is 1.53. The van der Waals surface area contributed by atoms with Crippen molar-refractivity contribution in [3.05, 3.63) is 0 Å². The van der Waals surface area contributed by atoms with Gasteiger partial charge in [0.05, 0.1) is 6.10 Å². The molecule has 2 nitrogen and oxygen atoms in total. The maximum atomic E-state index is 9.51. The molecule has 0 bridgehead atoms. The van der Waals surface area contributed by atoms with E-state index in [-0.39, 0.29) is 11.5 Å². The Labute approximate surface area is 70.2 Å². The number of aliphatic hydroxyl groups excluding tert-OH is 1. The zero-order chi connectivity index (χ0) is 9.07. The number of nitrogens with zero attached hydrogens (tertiary/aromatic N) is 1.